The highest BCUT2D eigenvalue weighted by Gasteiger charge is 2.47. The van der Waals surface area contributed by atoms with Crippen LogP contribution < -0.4 is 5.32 Å². The van der Waals surface area contributed by atoms with Gasteiger partial charge in [-0.15, -0.1) is 24.8 Å². The number of alkyl halides is 3. The second kappa shape index (κ2) is 9.45. The number of benzene rings is 1. The van der Waals surface area contributed by atoms with E-state index < -0.39 is 12.2 Å². The average Bonchev–Trinajstić information content (AvgIpc) is 2.40. The number of hydrogen-bond acceptors (Lipinski definition) is 3. The molecule has 11 heteroatoms. The fourth-order valence-corrected chi connectivity index (χ4v) is 4.89. The van der Waals surface area contributed by atoms with Crippen LogP contribution in [0.1, 0.15) is 11.6 Å². The maximum atomic E-state index is 13.6. The van der Waals surface area contributed by atoms with Gasteiger partial charge < -0.3 is 10.4 Å². The van der Waals surface area contributed by atoms with Crippen LogP contribution in [0, 0.1) is 0 Å². The fourth-order valence-electron chi connectivity index (χ4n) is 2.34. The largest absolute Gasteiger partial charge is 0.506 e. The molecule has 23 heavy (non-hydrogen) atoms. The fraction of sp³-hybridized carbons (Fsp3) is 0.500. The van der Waals surface area contributed by atoms with Crippen LogP contribution in [0.5, 0.6) is 5.75 Å². The first-order valence-corrected chi connectivity index (χ1v) is 8.49. The van der Waals surface area contributed by atoms with Crippen molar-refractivity contribution < 1.29 is 18.3 Å². The number of hydrogen-bond donors (Lipinski definition) is 2. The highest BCUT2D eigenvalue weighted by molar-refractivity contribution is 9.11. The van der Waals surface area contributed by atoms with Crippen molar-refractivity contribution in [1.82, 2.24) is 10.2 Å². The molecule has 0 amide bonds. The number of halogens is 8. The second-order valence-electron chi connectivity index (χ2n) is 4.65. The smallest absolute Gasteiger partial charge is 0.408 e. The van der Waals surface area contributed by atoms with E-state index in [9.17, 15) is 18.3 Å². The van der Waals surface area contributed by atoms with E-state index in [4.69, 9.17) is 0 Å². The molecule has 1 saturated heterocycles. The third kappa shape index (κ3) is 5.36. The molecule has 1 aliphatic heterocycles. The first-order valence-electron chi connectivity index (χ1n) is 6.11. The Labute approximate surface area is 169 Å². The highest BCUT2D eigenvalue weighted by Crippen LogP contribution is 2.48. The predicted octanol–water partition coefficient (Wildman–Crippen LogP) is 5.03. The van der Waals surface area contributed by atoms with E-state index in [2.05, 4.69) is 53.1 Å². The molecular formula is C12H14Br3Cl2F3N2O. The van der Waals surface area contributed by atoms with E-state index >= 15 is 0 Å². The molecule has 134 valence electrons. The van der Waals surface area contributed by atoms with E-state index in [1.54, 1.807) is 0 Å². The van der Waals surface area contributed by atoms with Crippen molar-refractivity contribution >= 4 is 72.6 Å². The van der Waals surface area contributed by atoms with Crippen LogP contribution in [0.4, 0.5) is 13.2 Å². The molecule has 2 N–H and O–H groups in total. The van der Waals surface area contributed by atoms with E-state index in [0.717, 1.165) is 0 Å². The summed E-state index contributed by atoms with van der Waals surface area (Å²) in [6.07, 6.45) is -4.44. The molecule has 0 aliphatic carbocycles. The van der Waals surface area contributed by atoms with Crippen LogP contribution in [-0.2, 0) is 0 Å². The highest BCUT2D eigenvalue weighted by atomic mass is 79.9. The van der Waals surface area contributed by atoms with E-state index in [1.807, 2.05) is 0 Å². The van der Waals surface area contributed by atoms with Crippen molar-refractivity contribution in [2.45, 2.75) is 12.2 Å². The molecule has 2 rings (SSSR count). The molecule has 0 bridgehead atoms. The summed E-state index contributed by atoms with van der Waals surface area (Å²) in [4.78, 5) is 1.37. The Morgan fingerprint density at radius 1 is 1.09 bits per heavy atom. The van der Waals surface area contributed by atoms with Gasteiger partial charge in [0.25, 0.3) is 0 Å². The molecule has 0 spiro atoms. The molecule has 1 atom stereocenters. The second-order valence-corrected chi connectivity index (χ2v) is 7.15. The lowest BCUT2D eigenvalue weighted by molar-refractivity contribution is -0.188. The van der Waals surface area contributed by atoms with Gasteiger partial charge in [0.05, 0.1) is 8.95 Å². The lowest BCUT2D eigenvalue weighted by Gasteiger charge is -2.37. The normalized spacial score (nSPS) is 17.1. The van der Waals surface area contributed by atoms with Gasteiger partial charge in [0.15, 0.2) is 0 Å². The molecule has 0 unspecified atom stereocenters. The molecule has 1 fully saturated rings. The summed E-state index contributed by atoms with van der Waals surface area (Å²) in [6.45, 7) is 1.59. The molecule has 1 heterocycles. The quantitative estimate of drug-likeness (QED) is 0.525. The van der Waals surface area contributed by atoms with Crippen molar-refractivity contribution in [3.05, 3.63) is 25.0 Å². The Bertz CT molecular complexity index is 543. The van der Waals surface area contributed by atoms with Crippen molar-refractivity contribution in [3.8, 4) is 5.75 Å². The van der Waals surface area contributed by atoms with Crippen LogP contribution >= 0.6 is 72.6 Å². The van der Waals surface area contributed by atoms with Crippen LogP contribution in [0.25, 0.3) is 0 Å². The number of nitrogens with one attached hydrogen (secondary N) is 1. The van der Waals surface area contributed by atoms with Gasteiger partial charge in [-0.2, -0.15) is 13.2 Å². The third-order valence-corrected chi connectivity index (χ3v) is 5.34. The standard InChI is InChI=1S/C12H12Br3F3N2O.2ClH/c13-6-5-7(14)10(21)9(15)8(6)11(12(16,17)18)20-3-1-19-2-4-20;;/h5,11,19,21H,1-4H2;2*1H/t11-;;/m0../s1. The molecule has 1 aliphatic rings. The number of rotatable bonds is 2. The summed E-state index contributed by atoms with van der Waals surface area (Å²) in [7, 11) is 0. The Kier molecular flexibility index (Phi) is 9.76. The number of piperazine rings is 1. The first-order chi connectivity index (χ1) is 9.73. The summed E-state index contributed by atoms with van der Waals surface area (Å²) >= 11 is 9.38. The summed E-state index contributed by atoms with van der Waals surface area (Å²) in [5.74, 6) is -0.238. The topological polar surface area (TPSA) is 35.5 Å². The minimum absolute atomic E-state index is 0. The van der Waals surface area contributed by atoms with Crippen molar-refractivity contribution in [2.75, 3.05) is 26.2 Å². The van der Waals surface area contributed by atoms with E-state index in [-0.39, 0.29) is 40.6 Å². The van der Waals surface area contributed by atoms with Gasteiger partial charge >= 0.3 is 6.18 Å². The molecular weight excluding hydrogens is 556 g/mol. The summed E-state index contributed by atoms with van der Waals surface area (Å²) in [5.41, 5.74) is -0.00917. The van der Waals surface area contributed by atoms with Gasteiger partial charge in [-0.05, 0) is 37.9 Å². The number of nitrogens with zero attached hydrogens (tertiary/aromatic N) is 1. The Balaban J connectivity index is 0.00000242. The first kappa shape index (κ1) is 23.8. The SMILES string of the molecule is Cl.Cl.Oc1c(Br)cc(Br)c([C@H](N2CCNCC2)C(F)(F)F)c1Br. The van der Waals surface area contributed by atoms with Crippen LogP contribution in [0.15, 0.2) is 19.5 Å². The van der Waals surface area contributed by atoms with Gasteiger partial charge in [0.2, 0.25) is 0 Å². The number of aromatic hydroxyl groups is 1. The monoisotopic (exact) mass is 566 g/mol. The Hall–Kier alpha value is 0.750. The van der Waals surface area contributed by atoms with E-state index in [1.165, 1.54) is 11.0 Å². The van der Waals surface area contributed by atoms with Gasteiger partial charge in [-0.1, -0.05) is 15.9 Å². The third-order valence-electron chi connectivity index (χ3n) is 3.28. The number of phenolic OH excluding ortho intramolecular Hbond substituents is 1. The van der Waals surface area contributed by atoms with Gasteiger partial charge in [-0.25, -0.2) is 0 Å². The number of phenols is 1. The zero-order valence-corrected chi connectivity index (χ0v) is 17.9. The lowest BCUT2D eigenvalue weighted by atomic mass is 10.0. The van der Waals surface area contributed by atoms with Crippen LogP contribution in [0.3, 0.4) is 0 Å². The van der Waals surface area contributed by atoms with Crippen LogP contribution in [0.2, 0.25) is 0 Å². The molecule has 3 nitrogen and oxygen atoms in total. The molecule has 1 aromatic rings. The van der Waals surface area contributed by atoms with Gasteiger partial charge in [0, 0.05) is 36.2 Å². The Morgan fingerprint density at radius 3 is 2.09 bits per heavy atom. The minimum atomic E-state index is -4.44. The van der Waals surface area contributed by atoms with Crippen molar-refractivity contribution in [3.63, 3.8) is 0 Å². The van der Waals surface area contributed by atoms with Gasteiger partial charge in [0.1, 0.15) is 11.8 Å². The van der Waals surface area contributed by atoms with Gasteiger partial charge in [-0.3, -0.25) is 4.90 Å². The summed E-state index contributed by atoms with van der Waals surface area (Å²) in [6, 6.07) is -0.349. The molecule has 1 aromatic carbocycles. The maximum absolute atomic E-state index is 13.6. The van der Waals surface area contributed by atoms with Crippen molar-refractivity contribution in [1.29, 1.82) is 0 Å². The zero-order valence-electron chi connectivity index (χ0n) is 11.5. The van der Waals surface area contributed by atoms with Crippen molar-refractivity contribution in [2.24, 2.45) is 0 Å². The molecule has 0 saturated carbocycles. The molecule has 0 aromatic heterocycles. The maximum Gasteiger partial charge on any atom is 0.408 e. The average molecular weight is 570 g/mol. The minimum Gasteiger partial charge on any atom is -0.506 e. The van der Waals surface area contributed by atoms with Crippen LogP contribution in [-0.4, -0.2) is 42.4 Å². The molecule has 0 radical (unpaired) electrons. The van der Waals surface area contributed by atoms with E-state index in [0.29, 0.717) is 35.1 Å². The Morgan fingerprint density at radius 2 is 1.61 bits per heavy atom. The predicted molar refractivity (Wildman–Crippen MR) is 98.9 cm³/mol. The summed E-state index contributed by atoms with van der Waals surface area (Å²) < 4.78 is 41.4. The summed E-state index contributed by atoms with van der Waals surface area (Å²) in [5, 5.41) is 12.9. The lowest BCUT2D eigenvalue weighted by Crippen LogP contribution is -2.49. The zero-order chi connectivity index (χ0) is 15.8.